The summed E-state index contributed by atoms with van der Waals surface area (Å²) in [6.07, 6.45) is 1.95. The van der Waals surface area contributed by atoms with Gasteiger partial charge in [0.15, 0.2) is 18.1 Å². The molecule has 2 aromatic carbocycles. The van der Waals surface area contributed by atoms with Crippen LogP contribution in [-0.4, -0.2) is 19.6 Å². The number of hydrogen-bond donors (Lipinski definition) is 1. The molecule has 4 nitrogen and oxygen atoms in total. The second kappa shape index (κ2) is 6.52. The number of fused-ring (bicyclic) bond motifs is 1. The molecule has 0 unspecified atom stereocenters. The summed E-state index contributed by atoms with van der Waals surface area (Å²) in [5.74, 6) is 1.08. The van der Waals surface area contributed by atoms with Crippen LogP contribution in [0.2, 0.25) is 0 Å². The van der Waals surface area contributed by atoms with Crippen molar-refractivity contribution in [2.24, 2.45) is 0 Å². The largest absolute Gasteiger partial charge is 0.493 e. The zero-order valence-corrected chi connectivity index (χ0v) is 12.5. The second-order valence-corrected chi connectivity index (χ2v) is 5.30. The highest BCUT2D eigenvalue weighted by Gasteiger charge is 2.23. The zero-order chi connectivity index (χ0) is 15.4. The van der Waals surface area contributed by atoms with E-state index in [0.29, 0.717) is 11.5 Å². The molecular weight excluding hydrogens is 278 g/mol. The lowest BCUT2D eigenvalue weighted by Crippen LogP contribution is -2.31. The van der Waals surface area contributed by atoms with Gasteiger partial charge in [-0.2, -0.15) is 0 Å². The maximum atomic E-state index is 12.1. The quantitative estimate of drug-likeness (QED) is 0.923. The van der Waals surface area contributed by atoms with E-state index in [-0.39, 0.29) is 18.6 Å². The van der Waals surface area contributed by atoms with Gasteiger partial charge in [-0.05, 0) is 36.1 Å². The standard InChI is InChI=1S/C18H19NO3/c1-21-16-8-4-5-9-17(16)22-12-18(20)19-15-11-10-13-6-2-3-7-14(13)15/h2-9,15H,10-12H2,1H3,(H,19,20)/t15-/m1/s1. The molecule has 1 atom stereocenters. The van der Waals surface area contributed by atoms with E-state index in [1.807, 2.05) is 24.3 Å². The Morgan fingerprint density at radius 3 is 2.68 bits per heavy atom. The number of nitrogens with one attached hydrogen (secondary N) is 1. The Morgan fingerprint density at radius 1 is 1.14 bits per heavy atom. The summed E-state index contributed by atoms with van der Waals surface area (Å²) in [4.78, 5) is 12.1. The van der Waals surface area contributed by atoms with E-state index < -0.39 is 0 Å². The molecule has 0 aliphatic heterocycles. The molecule has 0 saturated carbocycles. The Hall–Kier alpha value is -2.49. The molecule has 0 fully saturated rings. The van der Waals surface area contributed by atoms with Crippen molar-refractivity contribution < 1.29 is 14.3 Å². The first kappa shape index (κ1) is 14.4. The molecular formula is C18H19NO3. The second-order valence-electron chi connectivity index (χ2n) is 5.30. The molecule has 1 aliphatic carbocycles. The van der Waals surface area contributed by atoms with Gasteiger partial charge in [0.25, 0.3) is 5.91 Å². The number of ether oxygens (including phenoxy) is 2. The fraction of sp³-hybridized carbons (Fsp3) is 0.278. The van der Waals surface area contributed by atoms with Crippen LogP contribution in [0.1, 0.15) is 23.6 Å². The van der Waals surface area contributed by atoms with Gasteiger partial charge in [-0.25, -0.2) is 0 Å². The number of hydrogen-bond acceptors (Lipinski definition) is 3. The van der Waals surface area contributed by atoms with Gasteiger partial charge in [-0.15, -0.1) is 0 Å². The smallest absolute Gasteiger partial charge is 0.258 e. The summed E-state index contributed by atoms with van der Waals surface area (Å²) in [6, 6.07) is 15.6. The van der Waals surface area contributed by atoms with Crippen molar-refractivity contribution in [2.75, 3.05) is 13.7 Å². The van der Waals surface area contributed by atoms with Crippen LogP contribution in [0.5, 0.6) is 11.5 Å². The van der Waals surface area contributed by atoms with Gasteiger partial charge < -0.3 is 14.8 Å². The highest BCUT2D eigenvalue weighted by Crippen LogP contribution is 2.30. The lowest BCUT2D eigenvalue weighted by atomic mass is 10.1. The van der Waals surface area contributed by atoms with Crippen LogP contribution < -0.4 is 14.8 Å². The van der Waals surface area contributed by atoms with Gasteiger partial charge in [-0.1, -0.05) is 36.4 Å². The number of methoxy groups -OCH3 is 1. The molecule has 2 aromatic rings. The van der Waals surface area contributed by atoms with E-state index >= 15 is 0 Å². The summed E-state index contributed by atoms with van der Waals surface area (Å²) < 4.78 is 10.8. The van der Waals surface area contributed by atoms with Gasteiger partial charge in [0.05, 0.1) is 13.2 Å². The van der Waals surface area contributed by atoms with Crippen LogP contribution in [0.4, 0.5) is 0 Å². The first-order chi connectivity index (χ1) is 10.8. The highest BCUT2D eigenvalue weighted by molar-refractivity contribution is 5.78. The Kier molecular flexibility index (Phi) is 4.28. The van der Waals surface area contributed by atoms with Crippen LogP contribution in [-0.2, 0) is 11.2 Å². The Bertz CT molecular complexity index is 669. The van der Waals surface area contributed by atoms with Crippen molar-refractivity contribution in [2.45, 2.75) is 18.9 Å². The molecule has 1 aliphatic rings. The van der Waals surface area contributed by atoms with E-state index in [2.05, 4.69) is 17.4 Å². The minimum Gasteiger partial charge on any atom is -0.493 e. The molecule has 1 N–H and O–H groups in total. The third kappa shape index (κ3) is 3.06. The SMILES string of the molecule is COc1ccccc1OCC(=O)N[C@@H]1CCc2ccccc21. The van der Waals surface area contributed by atoms with Crippen molar-refractivity contribution in [3.63, 3.8) is 0 Å². The number of carbonyl (C=O) groups excluding carboxylic acids is 1. The van der Waals surface area contributed by atoms with Crippen LogP contribution >= 0.6 is 0 Å². The number of benzene rings is 2. The fourth-order valence-corrected chi connectivity index (χ4v) is 2.82. The lowest BCUT2D eigenvalue weighted by Gasteiger charge is -2.15. The van der Waals surface area contributed by atoms with E-state index in [0.717, 1.165) is 12.8 Å². The summed E-state index contributed by atoms with van der Waals surface area (Å²) >= 11 is 0. The van der Waals surface area contributed by atoms with Crippen molar-refractivity contribution in [3.05, 3.63) is 59.7 Å². The average molecular weight is 297 g/mol. The minimum absolute atomic E-state index is 0.0148. The first-order valence-corrected chi connectivity index (χ1v) is 7.41. The number of amides is 1. The maximum absolute atomic E-state index is 12.1. The van der Waals surface area contributed by atoms with Crippen molar-refractivity contribution in [3.8, 4) is 11.5 Å². The first-order valence-electron chi connectivity index (χ1n) is 7.41. The summed E-state index contributed by atoms with van der Waals surface area (Å²) in [5.41, 5.74) is 2.53. The normalized spacial score (nSPS) is 16.0. The van der Waals surface area contributed by atoms with Gasteiger partial charge >= 0.3 is 0 Å². The predicted octanol–water partition coefficient (Wildman–Crippen LogP) is 2.88. The van der Waals surface area contributed by atoms with Gasteiger partial charge in [0, 0.05) is 0 Å². The molecule has 114 valence electrons. The van der Waals surface area contributed by atoms with Crippen LogP contribution in [0, 0.1) is 0 Å². The molecule has 0 radical (unpaired) electrons. The number of aryl methyl sites for hydroxylation is 1. The maximum Gasteiger partial charge on any atom is 0.258 e. The fourth-order valence-electron chi connectivity index (χ4n) is 2.82. The number of para-hydroxylation sites is 2. The van der Waals surface area contributed by atoms with Crippen LogP contribution in [0.3, 0.4) is 0 Å². The van der Waals surface area contributed by atoms with E-state index in [1.165, 1.54) is 11.1 Å². The van der Waals surface area contributed by atoms with Crippen molar-refractivity contribution in [1.82, 2.24) is 5.32 Å². The van der Waals surface area contributed by atoms with E-state index in [9.17, 15) is 4.79 Å². The molecule has 1 amide bonds. The molecule has 22 heavy (non-hydrogen) atoms. The molecule has 0 heterocycles. The topological polar surface area (TPSA) is 47.6 Å². The number of carbonyl (C=O) groups is 1. The zero-order valence-electron chi connectivity index (χ0n) is 12.5. The van der Waals surface area contributed by atoms with Crippen LogP contribution in [0.25, 0.3) is 0 Å². The Morgan fingerprint density at radius 2 is 1.86 bits per heavy atom. The summed E-state index contributed by atoms with van der Waals surface area (Å²) in [5, 5.41) is 3.04. The van der Waals surface area contributed by atoms with E-state index in [4.69, 9.17) is 9.47 Å². The molecule has 3 rings (SSSR count). The summed E-state index contributed by atoms with van der Waals surface area (Å²) in [7, 11) is 1.58. The summed E-state index contributed by atoms with van der Waals surface area (Å²) in [6.45, 7) is -0.0148. The lowest BCUT2D eigenvalue weighted by molar-refractivity contribution is -0.123. The molecule has 0 aromatic heterocycles. The number of rotatable bonds is 5. The van der Waals surface area contributed by atoms with Gasteiger partial charge in [0.2, 0.25) is 0 Å². The molecule has 4 heteroatoms. The van der Waals surface area contributed by atoms with E-state index in [1.54, 1.807) is 19.2 Å². The molecule has 0 bridgehead atoms. The Balaban J connectivity index is 1.58. The average Bonchev–Trinajstić information content (AvgIpc) is 2.96. The van der Waals surface area contributed by atoms with Gasteiger partial charge in [0.1, 0.15) is 0 Å². The van der Waals surface area contributed by atoms with Crippen LogP contribution in [0.15, 0.2) is 48.5 Å². The molecule has 0 saturated heterocycles. The monoisotopic (exact) mass is 297 g/mol. The Labute approximate surface area is 130 Å². The minimum atomic E-state index is -0.118. The third-order valence-electron chi connectivity index (χ3n) is 3.90. The highest BCUT2D eigenvalue weighted by atomic mass is 16.5. The third-order valence-corrected chi connectivity index (χ3v) is 3.90. The van der Waals surface area contributed by atoms with Crippen molar-refractivity contribution >= 4 is 5.91 Å². The molecule has 0 spiro atoms. The van der Waals surface area contributed by atoms with Gasteiger partial charge in [-0.3, -0.25) is 4.79 Å². The predicted molar refractivity (Wildman–Crippen MR) is 84.1 cm³/mol. The van der Waals surface area contributed by atoms with Crippen molar-refractivity contribution in [1.29, 1.82) is 0 Å².